The number of piperidine rings is 1. The minimum absolute atomic E-state index is 0.0279. The van der Waals surface area contributed by atoms with Gasteiger partial charge in [-0.3, -0.25) is 25.0 Å². The molecule has 1 aliphatic heterocycles. The van der Waals surface area contributed by atoms with E-state index in [-0.39, 0.29) is 22.3 Å². The van der Waals surface area contributed by atoms with E-state index in [2.05, 4.69) is 10.6 Å². The van der Waals surface area contributed by atoms with Crippen molar-refractivity contribution in [3.8, 4) is 0 Å². The van der Waals surface area contributed by atoms with Crippen LogP contribution in [0.4, 0.5) is 11.4 Å². The number of amides is 2. The Morgan fingerprint density at radius 1 is 1.00 bits per heavy atom. The van der Waals surface area contributed by atoms with Gasteiger partial charge in [-0.2, -0.15) is 0 Å². The summed E-state index contributed by atoms with van der Waals surface area (Å²) >= 11 is 5.16. The number of hydrogen-bond acceptors (Lipinski definition) is 5. The molecule has 1 heterocycles. The van der Waals surface area contributed by atoms with E-state index < -0.39 is 10.8 Å². The second kappa shape index (κ2) is 9.24. The van der Waals surface area contributed by atoms with Crippen molar-refractivity contribution in [1.29, 1.82) is 0 Å². The number of carbonyl (C=O) groups excluding carboxylic acids is 2. The fourth-order valence-corrected chi connectivity index (χ4v) is 3.32. The number of nitrogens with zero attached hydrogens (tertiary/aromatic N) is 2. The zero-order valence-electron chi connectivity index (χ0n) is 15.6. The first kappa shape index (κ1) is 20.4. The largest absolute Gasteiger partial charge is 0.339 e. The monoisotopic (exact) mass is 412 g/mol. The third-order valence-electron chi connectivity index (χ3n) is 4.56. The van der Waals surface area contributed by atoms with E-state index in [0.29, 0.717) is 11.3 Å². The standard InChI is InChI=1S/C20H20N4O4S/c25-18(14-6-5-9-17(13-14)24(27)28)22-20(29)21-16-8-4-7-15(12-16)19(26)23-10-2-1-3-11-23/h4-9,12-13H,1-3,10-11H2,(H2,21,22,25,29). The van der Waals surface area contributed by atoms with Crippen molar-refractivity contribution in [3.63, 3.8) is 0 Å². The van der Waals surface area contributed by atoms with Crippen LogP contribution in [-0.2, 0) is 0 Å². The lowest BCUT2D eigenvalue weighted by Crippen LogP contribution is -2.36. The predicted molar refractivity (Wildman–Crippen MR) is 113 cm³/mol. The van der Waals surface area contributed by atoms with E-state index in [9.17, 15) is 19.7 Å². The van der Waals surface area contributed by atoms with Gasteiger partial charge in [-0.15, -0.1) is 0 Å². The highest BCUT2D eigenvalue weighted by atomic mass is 32.1. The number of non-ortho nitro benzene ring substituents is 1. The maximum Gasteiger partial charge on any atom is 0.270 e. The number of anilines is 1. The molecule has 1 aliphatic rings. The molecule has 3 rings (SSSR count). The highest BCUT2D eigenvalue weighted by Crippen LogP contribution is 2.17. The van der Waals surface area contributed by atoms with E-state index in [1.807, 2.05) is 4.90 Å². The molecule has 2 aromatic rings. The summed E-state index contributed by atoms with van der Waals surface area (Å²) in [5, 5.41) is 16.2. The van der Waals surface area contributed by atoms with E-state index in [1.165, 1.54) is 24.3 Å². The normalized spacial score (nSPS) is 13.4. The lowest BCUT2D eigenvalue weighted by molar-refractivity contribution is -0.384. The van der Waals surface area contributed by atoms with Crippen LogP contribution in [0, 0.1) is 10.1 Å². The SMILES string of the molecule is O=C(NC(=S)Nc1cccc(C(=O)N2CCCCC2)c1)c1cccc([N+](=O)[O-])c1. The average molecular weight is 412 g/mol. The maximum absolute atomic E-state index is 12.6. The number of rotatable bonds is 4. The molecule has 9 heteroatoms. The van der Waals surface area contributed by atoms with Crippen LogP contribution in [0.1, 0.15) is 40.0 Å². The van der Waals surface area contributed by atoms with Crippen LogP contribution in [0.2, 0.25) is 0 Å². The van der Waals surface area contributed by atoms with Gasteiger partial charge in [0.05, 0.1) is 4.92 Å². The Hall–Kier alpha value is -3.33. The Labute approximate surface area is 173 Å². The van der Waals surface area contributed by atoms with Gasteiger partial charge in [0.1, 0.15) is 0 Å². The van der Waals surface area contributed by atoms with Gasteiger partial charge in [0, 0.05) is 42.0 Å². The van der Waals surface area contributed by atoms with Gasteiger partial charge in [0.25, 0.3) is 17.5 Å². The third kappa shape index (κ3) is 5.35. The van der Waals surface area contributed by atoms with Crippen molar-refractivity contribution < 1.29 is 14.5 Å². The molecule has 1 saturated heterocycles. The van der Waals surface area contributed by atoms with Gasteiger partial charge in [0.2, 0.25) is 0 Å². The van der Waals surface area contributed by atoms with E-state index in [1.54, 1.807) is 24.3 Å². The van der Waals surface area contributed by atoms with Crippen LogP contribution >= 0.6 is 12.2 Å². The highest BCUT2D eigenvalue weighted by Gasteiger charge is 2.18. The Bertz CT molecular complexity index is 957. The molecule has 2 aromatic carbocycles. The number of nitrogens with one attached hydrogen (secondary N) is 2. The van der Waals surface area contributed by atoms with Crippen LogP contribution in [0.5, 0.6) is 0 Å². The average Bonchev–Trinajstić information content (AvgIpc) is 2.74. The maximum atomic E-state index is 12.6. The van der Waals surface area contributed by atoms with E-state index in [0.717, 1.165) is 32.4 Å². The second-order valence-corrected chi connectivity index (χ2v) is 7.06. The van der Waals surface area contributed by atoms with Crippen molar-refractivity contribution in [2.75, 3.05) is 18.4 Å². The molecule has 0 aliphatic carbocycles. The minimum atomic E-state index is -0.571. The van der Waals surface area contributed by atoms with Gasteiger partial charge in [-0.1, -0.05) is 12.1 Å². The van der Waals surface area contributed by atoms with Crippen molar-refractivity contribution >= 4 is 40.5 Å². The fourth-order valence-electron chi connectivity index (χ4n) is 3.11. The molecule has 29 heavy (non-hydrogen) atoms. The summed E-state index contributed by atoms with van der Waals surface area (Å²) in [4.78, 5) is 37.0. The van der Waals surface area contributed by atoms with E-state index in [4.69, 9.17) is 12.2 Å². The van der Waals surface area contributed by atoms with Crippen LogP contribution in [-0.4, -0.2) is 39.8 Å². The lowest BCUT2D eigenvalue weighted by Gasteiger charge is -2.26. The Kier molecular flexibility index (Phi) is 6.50. The van der Waals surface area contributed by atoms with Crippen molar-refractivity contribution in [2.45, 2.75) is 19.3 Å². The second-order valence-electron chi connectivity index (χ2n) is 6.65. The quantitative estimate of drug-likeness (QED) is 0.453. The third-order valence-corrected chi connectivity index (χ3v) is 4.76. The molecule has 1 fully saturated rings. The molecule has 0 atom stereocenters. The highest BCUT2D eigenvalue weighted by molar-refractivity contribution is 7.80. The molecular formula is C20H20N4O4S. The summed E-state index contributed by atoms with van der Waals surface area (Å²) < 4.78 is 0. The molecule has 2 amide bonds. The first-order valence-corrected chi connectivity index (χ1v) is 9.61. The van der Waals surface area contributed by atoms with Crippen LogP contribution in [0.3, 0.4) is 0 Å². The Morgan fingerprint density at radius 3 is 2.41 bits per heavy atom. The van der Waals surface area contributed by atoms with Crippen LogP contribution < -0.4 is 10.6 Å². The molecular weight excluding hydrogens is 392 g/mol. The van der Waals surface area contributed by atoms with Gasteiger partial charge in [-0.05, 0) is 55.7 Å². The molecule has 0 radical (unpaired) electrons. The number of carbonyl (C=O) groups is 2. The molecule has 0 saturated carbocycles. The Balaban J connectivity index is 1.63. The Morgan fingerprint density at radius 2 is 1.69 bits per heavy atom. The number of thiocarbonyl (C=S) groups is 1. The van der Waals surface area contributed by atoms with Gasteiger partial charge in [0.15, 0.2) is 5.11 Å². The molecule has 150 valence electrons. The molecule has 0 unspecified atom stereocenters. The summed E-state index contributed by atoms with van der Waals surface area (Å²) in [5.74, 6) is -0.591. The molecule has 0 spiro atoms. The summed E-state index contributed by atoms with van der Waals surface area (Å²) in [6.07, 6.45) is 3.17. The first-order chi connectivity index (χ1) is 13.9. The zero-order chi connectivity index (χ0) is 20.8. The number of nitro benzene ring substituents is 1. The molecule has 8 nitrogen and oxygen atoms in total. The smallest absolute Gasteiger partial charge is 0.270 e. The van der Waals surface area contributed by atoms with Crippen LogP contribution in [0.15, 0.2) is 48.5 Å². The summed E-state index contributed by atoms with van der Waals surface area (Å²) in [7, 11) is 0. The predicted octanol–water partition coefficient (Wildman–Crippen LogP) is 3.35. The summed E-state index contributed by atoms with van der Waals surface area (Å²) in [6.45, 7) is 1.52. The topological polar surface area (TPSA) is 105 Å². The fraction of sp³-hybridized carbons (Fsp3) is 0.250. The molecule has 0 aromatic heterocycles. The summed E-state index contributed by atoms with van der Waals surface area (Å²) in [6, 6.07) is 12.3. The van der Waals surface area contributed by atoms with Crippen molar-refractivity contribution in [1.82, 2.24) is 10.2 Å². The van der Waals surface area contributed by atoms with Gasteiger partial charge in [-0.25, -0.2) is 0 Å². The molecule has 0 bridgehead atoms. The first-order valence-electron chi connectivity index (χ1n) is 9.20. The van der Waals surface area contributed by atoms with Gasteiger partial charge >= 0.3 is 0 Å². The number of likely N-dealkylation sites (tertiary alicyclic amines) is 1. The molecule has 2 N–H and O–H groups in total. The van der Waals surface area contributed by atoms with E-state index >= 15 is 0 Å². The van der Waals surface area contributed by atoms with Crippen molar-refractivity contribution in [3.05, 3.63) is 69.8 Å². The van der Waals surface area contributed by atoms with Crippen molar-refractivity contribution in [2.24, 2.45) is 0 Å². The zero-order valence-corrected chi connectivity index (χ0v) is 16.4. The van der Waals surface area contributed by atoms with Gasteiger partial charge < -0.3 is 10.2 Å². The number of hydrogen-bond donors (Lipinski definition) is 2. The minimum Gasteiger partial charge on any atom is -0.339 e. The van der Waals surface area contributed by atoms with Crippen LogP contribution in [0.25, 0.3) is 0 Å². The lowest BCUT2D eigenvalue weighted by atomic mass is 10.1. The number of nitro groups is 1. The number of benzene rings is 2. The summed E-state index contributed by atoms with van der Waals surface area (Å²) in [5.41, 5.74) is 1.06.